The minimum Gasteiger partial charge on any atom is -0.493 e. The Bertz CT molecular complexity index is 840. The first kappa shape index (κ1) is 27.2. The third-order valence-corrected chi connectivity index (χ3v) is 5.47. The topological polar surface area (TPSA) is 64.6 Å². The summed E-state index contributed by atoms with van der Waals surface area (Å²) in [6, 6.07) is 15.7. The lowest BCUT2D eigenvalue weighted by Gasteiger charge is -2.34. The summed E-state index contributed by atoms with van der Waals surface area (Å²) in [5, 5.41) is 3.48. The third kappa shape index (κ3) is 8.68. The van der Waals surface area contributed by atoms with Gasteiger partial charge in [0.05, 0.1) is 13.2 Å². The van der Waals surface area contributed by atoms with E-state index in [9.17, 15) is 0 Å². The average Bonchev–Trinajstić information content (AvgIpc) is 2.84. The van der Waals surface area contributed by atoms with E-state index in [1.165, 1.54) is 0 Å². The first-order valence-corrected chi connectivity index (χ1v) is 11.2. The molecule has 1 fully saturated rings. The third-order valence-electron chi connectivity index (χ3n) is 5.47. The van der Waals surface area contributed by atoms with E-state index in [-0.39, 0.29) is 24.0 Å². The number of rotatable bonds is 10. The molecular formula is C25H36IN3O4. The van der Waals surface area contributed by atoms with Crippen LogP contribution in [0.25, 0.3) is 0 Å². The van der Waals surface area contributed by atoms with Crippen molar-refractivity contribution in [2.75, 3.05) is 47.6 Å². The van der Waals surface area contributed by atoms with Crippen molar-refractivity contribution < 1.29 is 18.9 Å². The summed E-state index contributed by atoms with van der Waals surface area (Å²) in [5.41, 5.74) is 1.16. The minimum absolute atomic E-state index is 0. The van der Waals surface area contributed by atoms with Crippen molar-refractivity contribution in [3.05, 3.63) is 54.1 Å². The molecule has 0 aliphatic carbocycles. The lowest BCUT2D eigenvalue weighted by Crippen LogP contribution is -2.46. The van der Waals surface area contributed by atoms with Crippen molar-refractivity contribution in [1.29, 1.82) is 0 Å². The van der Waals surface area contributed by atoms with E-state index in [0.29, 0.717) is 24.1 Å². The highest BCUT2D eigenvalue weighted by atomic mass is 127. The maximum Gasteiger partial charge on any atom is 0.193 e. The first-order chi connectivity index (χ1) is 15.7. The molecule has 1 saturated heterocycles. The van der Waals surface area contributed by atoms with Gasteiger partial charge in [0.1, 0.15) is 5.75 Å². The average molecular weight is 569 g/mol. The van der Waals surface area contributed by atoms with Crippen molar-refractivity contribution >= 4 is 29.9 Å². The van der Waals surface area contributed by atoms with Crippen LogP contribution >= 0.6 is 24.0 Å². The number of hydrogen-bond acceptors (Lipinski definition) is 5. The number of halogens is 1. The number of ether oxygens (including phenoxy) is 4. The molecule has 0 spiro atoms. The number of likely N-dealkylation sites (tertiary alicyclic amines) is 1. The summed E-state index contributed by atoms with van der Waals surface area (Å²) < 4.78 is 22.3. The fourth-order valence-electron chi connectivity index (χ4n) is 3.71. The summed E-state index contributed by atoms with van der Waals surface area (Å²) in [7, 11) is 5.20. The number of piperidine rings is 1. The molecule has 0 saturated carbocycles. The fourth-order valence-corrected chi connectivity index (χ4v) is 3.71. The maximum absolute atomic E-state index is 5.96. The number of benzene rings is 2. The molecule has 1 aliphatic heterocycles. The number of nitrogens with one attached hydrogen (secondary N) is 1. The van der Waals surface area contributed by atoms with E-state index >= 15 is 0 Å². The SMILES string of the molecule is CN=C(NCc1ccc(Oc2ccccc2OC)cc1)N1CCC(OCCCOC)CC1.I. The largest absolute Gasteiger partial charge is 0.493 e. The molecule has 0 bridgehead atoms. The van der Waals surface area contributed by atoms with Gasteiger partial charge in [-0.3, -0.25) is 4.99 Å². The number of hydrogen-bond donors (Lipinski definition) is 1. The molecule has 0 aromatic heterocycles. The van der Waals surface area contributed by atoms with Gasteiger partial charge in [-0.25, -0.2) is 0 Å². The number of nitrogens with zero attached hydrogens (tertiary/aromatic N) is 2. The predicted octanol–water partition coefficient (Wildman–Crippen LogP) is 4.70. The van der Waals surface area contributed by atoms with Crippen molar-refractivity contribution in [3.8, 4) is 17.2 Å². The van der Waals surface area contributed by atoms with E-state index in [1.54, 1.807) is 14.2 Å². The molecule has 0 radical (unpaired) electrons. The Morgan fingerprint density at radius 2 is 1.70 bits per heavy atom. The normalized spacial score (nSPS) is 14.5. The Morgan fingerprint density at radius 1 is 1.00 bits per heavy atom. The Kier molecular flexibility index (Phi) is 12.3. The second-order valence-corrected chi connectivity index (χ2v) is 7.70. The fraction of sp³-hybridized carbons (Fsp3) is 0.480. The van der Waals surface area contributed by atoms with Gasteiger partial charge in [0.2, 0.25) is 0 Å². The van der Waals surface area contributed by atoms with Crippen molar-refractivity contribution in [3.63, 3.8) is 0 Å². The molecule has 8 heteroatoms. The van der Waals surface area contributed by atoms with Gasteiger partial charge in [-0.15, -0.1) is 24.0 Å². The van der Waals surface area contributed by atoms with E-state index in [2.05, 4.69) is 27.3 Å². The van der Waals surface area contributed by atoms with Crippen LogP contribution in [-0.2, 0) is 16.0 Å². The molecular weight excluding hydrogens is 533 g/mol. The summed E-state index contributed by atoms with van der Waals surface area (Å²) >= 11 is 0. The molecule has 0 atom stereocenters. The van der Waals surface area contributed by atoms with Gasteiger partial charge >= 0.3 is 0 Å². The van der Waals surface area contributed by atoms with Gasteiger partial charge < -0.3 is 29.2 Å². The summed E-state index contributed by atoms with van der Waals surface area (Å²) in [6.07, 6.45) is 3.31. The van der Waals surface area contributed by atoms with Gasteiger partial charge in [-0.2, -0.15) is 0 Å². The zero-order chi connectivity index (χ0) is 22.6. The molecule has 0 unspecified atom stereocenters. The van der Waals surface area contributed by atoms with Gasteiger partial charge in [0.15, 0.2) is 17.5 Å². The molecule has 2 aromatic rings. The number of methoxy groups -OCH3 is 2. The van der Waals surface area contributed by atoms with Gasteiger partial charge in [0.25, 0.3) is 0 Å². The molecule has 1 aliphatic rings. The minimum atomic E-state index is 0. The molecule has 7 nitrogen and oxygen atoms in total. The second-order valence-electron chi connectivity index (χ2n) is 7.70. The van der Waals surface area contributed by atoms with E-state index in [1.807, 2.05) is 43.4 Å². The quantitative estimate of drug-likeness (QED) is 0.194. The molecule has 33 heavy (non-hydrogen) atoms. The van der Waals surface area contributed by atoms with Gasteiger partial charge in [0, 0.05) is 47.0 Å². The highest BCUT2D eigenvalue weighted by Crippen LogP contribution is 2.30. The lowest BCUT2D eigenvalue weighted by atomic mass is 10.1. The Morgan fingerprint density at radius 3 is 2.33 bits per heavy atom. The monoisotopic (exact) mass is 569 g/mol. The number of guanidine groups is 1. The van der Waals surface area contributed by atoms with Crippen molar-refractivity contribution in [2.24, 2.45) is 4.99 Å². The molecule has 182 valence electrons. The number of aliphatic imine (C=N–C) groups is 1. The summed E-state index contributed by atoms with van der Waals surface area (Å²) in [6.45, 7) is 4.11. The molecule has 3 rings (SSSR count). The Balaban J connectivity index is 0.00000385. The van der Waals surface area contributed by atoms with Crippen LogP contribution in [0.1, 0.15) is 24.8 Å². The molecule has 1 heterocycles. The van der Waals surface area contributed by atoms with E-state index in [4.69, 9.17) is 18.9 Å². The van der Waals surface area contributed by atoms with Crippen LogP contribution in [0.3, 0.4) is 0 Å². The van der Waals surface area contributed by atoms with Crippen LogP contribution in [0.5, 0.6) is 17.2 Å². The lowest BCUT2D eigenvalue weighted by molar-refractivity contribution is 0.00989. The Hall–Kier alpha value is -2.04. The Labute approximate surface area is 214 Å². The van der Waals surface area contributed by atoms with Crippen LogP contribution in [0.4, 0.5) is 0 Å². The van der Waals surface area contributed by atoms with E-state index < -0.39 is 0 Å². The standard InChI is InChI=1S/C25H35N3O4.HI/c1-26-25(28-15-13-21(14-16-28)31-18-6-17-29-2)27-19-20-9-11-22(12-10-20)32-24-8-5-4-7-23(24)30-3;/h4-5,7-12,21H,6,13-19H2,1-3H3,(H,26,27);1H. The number of para-hydroxylation sites is 2. The first-order valence-electron chi connectivity index (χ1n) is 11.2. The van der Waals surface area contributed by atoms with Gasteiger partial charge in [-0.1, -0.05) is 24.3 Å². The van der Waals surface area contributed by atoms with Crippen molar-refractivity contribution in [1.82, 2.24) is 10.2 Å². The van der Waals surface area contributed by atoms with Crippen LogP contribution in [0, 0.1) is 0 Å². The van der Waals surface area contributed by atoms with Gasteiger partial charge in [-0.05, 0) is 49.1 Å². The maximum atomic E-state index is 5.96. The van der Waals surface area contributed by atoms with E-state index in [0.717, 1.165) is 62.8 Å². The van der Waals surface area contributed by atoms with Crippen LogP contribution in [0.2, 0.25) is 0 Å². The predicted molar refractivity (Wildman–Crippen MR) is 142 cm³/mol. The zero-order valence-electron chi connectivity index (χ0n) is 19.8. The molecule has 0 amide bonds. The molecule has 1 N–H and O–H groups in total. The highest BCUT2D eigenvalue weighted by molar-refractivity contribution is 14.0. The van der Waals surface area contributed by atoms with Crippen LogP contribution in [-0.4, -0.2) is 64.5 Å². The molecule has 2 aromatic carbocycles. The zero-order valence-corrected chi connectivity index (χ0v) is 22.1. The van der Waals surface area contributed by atoms with Crippen molar-refractivity contribution in [2.45, 2.75) is 31.9 Å². The van der Waals surface area contributed by atoms with Crippen LogP contribution < -0.4 is 14.8 Å². The second kappa shape index (κ2) is 15.0. The van der Waals surface area contributed by atoms with Crippen LogP contribution in [0.15, 0.2) is 53.5 Å². The summed E-state index contributed by atoms with van der Waals surface area (Å²) in [4.78, 5) is 6.77. The highest BCUT2D eigenvalue weighted by Gasteiger charge is 2.21. The smallest absolute Gasteiger partial charge is 0.193 e. The summed E-state index contributed by atoms with van der Waals surface area (Å²) in [5.74, 6) is 3.12.